The SMILES string of the molecule is CC.CCc1ccc2c(c1-c1cccc[n+]1CC)-c1ccc3ccccc3[n+]1CC2. The monoisotopic (exact) mass is 396 g/mol. The number of pyridine rings is 2. The number of aromatic nitrogens is 2. The molecular formula is C28H32N2+2. The number of para-hydroxylation sites is 1. The Bertz CT molecular complexity index is 1190. The van der Waals surface area contributed by atoms with Crippen LogP contribution in [0.5, 0.6) is 0 Å². The predicted molar refractivity (Wildman–Crippen MR) is 125 cm³/mol. The van der Waals surface area contributed by atoms with Gasteiger partial charge in [0, 0.05) is 36.1 Å². The van der Waals surface area contributed by atoms with Crippen LogP contribution < -0.4 is 9.13 Å². The fourth-order valence-corrected chi connectivity index (χ4v) is 4.71. The first-order chi connectivity index (χ1) is 14.8. The summed E-state index contributed by atoms with van der Waals surface area (Å²) in [6.45, 7) is 10.5. The number of fused-ring (bicyclic) bond motifs is 5. The molecule has 0 saturated carbocycles. The lowest BCUT2D eigenvalue weighted by Crippen LogP contribution is -2.42. The van der Waals surface area contributed by atoms with Crippen molar-refractivity contribution < 1.29 is 9.13 Å². The van der Waals surface area contributed by atoms with Crippen molar-refractivity contribution in [2.45, 2.75) is 53.6 Å². The number of hydrogen-bond acceptors (Lipinski definition) is 0. The van der Waals surface area contributed by atoms with Crippen LogP contribution in [-0.4, -0.2) is 0 Å². The van der Waals surface area contributed by atoms with Crippen molar-refractivity contribution >= 4 is 10.9 Å². The van der Waals surface area contributed by atoms with E-state index in [9.17, 15) is 0 Å². The molecule has 0 bridgehead atoms. The highest BCUT2D eigenvalue weighted by atomic mass is 15.0. The lowest BCUT2D eigenvalue weighted by molar-refractivity contribution is -0.682. The fourth-order valence-electron chi connectivity index (χ4n) is 4.71. The van der Waals surface area contributed by atoms with Gasteiger partial charge in [0.15, 0.2) is 12.7 Å². The second kappa shape index (κ2) is 8.79. The largest absolute Gasteiger partial charge is 0.214 e. The van der Waals surface area contributed by atoms with Crippen LogP contribution in [0.15, 0.2) is 72.9 Å². The van der Waals surface area contributed by atoms with Gasteiger partial charge in [-0.05, 0) is 42.7 Å². The zero-order valence-electron chi connectivity index (χ0n) is 18.7. The summed E-state index contributed by atoms with van der Waals surface area (Å²) in [5.74, 6) is 0. The summed E-state index contributed by atoms with van der Waals surface area (Å²) in [6, 6.07) is 24.6. The third kappa shape index (κ3) is 3.31. The molecule has 0 N–H and O–H groups in total. The summed E-state index contributed by atoms with van der Waals surface area (Å²) in [4.78, 5) is 0. The smallest absolute Gasteiger partial charge is 0.199 e. The molecule has 2 aromatic carbocycles. The van der Waals surface area contributed by atoms with E-state index in [0.29, 0.717) is 0 Å². The number of aryl methyl sites for hydroxylation is 4. The molecule has 0 spiro atoms. The third-order valence-electron chi connectivity index (χ3n) is 6.10. The van der Waals surface area contributed by atoms with E-state index in [0.717, 1.165) is 25.9 Å². The van der Waals surface area contributed by atoms with Crippen LogP contribution >= 0.6 is 0 Å². The summed E-state index contributed by atoms with van der Waals surface area (Å²) in [5, 5.41) is 1.31. The molecule has 2 heteroatoms. The highest BCUT2D eigenvalue weighted by molar-refractivity contribution is 5.86. The Hall–Kier alpha value is -3.00. The van der Waals surface area contributed by atoms with Crippen molar-refractivity contribution in [2.75, 3.05) is 0 Å². The van der Waals surface area contributed by atoms with Gasteiger partial charge < -0.3 is 0 Å². The topological polar surface area (TPSA) is 7.76 Å². The number of benzene rings is 2. The molecule has 30 heavy (non-hydrogen) atoms. The summed E-state index contributed by atoms with van der Waals surface area (Å²) in [6.07, 6.45) is 4.32. The van der Waals surface area contributed by atoms with Gasteiger partial charge in [-0.2, -0.15) is 9.13 Å². The third-order valence-corrected chi connectivity index (χ3v) is 6.10. The van der Waals surface area contributed by atoms with Gasteiger partial charge >= 0.3 is 0 Å². The second-order valence-electron chi connectivity index (χ2n) is 7.54. The summed E-state index contributed by atoms with van der Waals surface area (Å²) < 4.78 is 4.88. The lowest BCUT2D eigenvalue weighted by atomic mass is 9.86. The zero-order chi connectivity index (χ0) is 21.1. The van der Waals surface area contributed by atoms with Crippen LogP contribution in [0.4, 0.5) is 0 Å². The average Bonchev–Trinajstić information content (AvgIpc) is 2.84. The van der Waals surface area contributed by atoms with Gasteiger partial charge in [-0.15, -0.1) is 0 Å². The summed E-state index contributed by atoms with van der Waals surface area (Å²) in [7, 11) is 0. The molecule has 1 aliphatic heterocycles. The first-order valence-corrected chi connectivity index (χ1v) is 11.4. The van der Waals surface area contributed by atoms with Gasteiger partial charge in [0.25, 0.3) is 0 Å². The molecule has 0 atom stereocenters. The fraction of sp³-hybridized carbons (Fsp3) is 0.286. The molecule has 0 unspecified atom stereocenters. The van der Waals surface area contributed by atoms with Crippen molar-refractivity contribution in [1.82, 2.24) is 0 Å². The maximum Gasteiger partial charge on any atom is 0.214 e. The first kappa shape index (κ1) is 20.3. The van der Waals surface area contributed by atoms with Crippen molar-refractivity contribution in [2.24, 2.45) is 0 Å². The molecule has 152 valence electrons. The van der Waals surface area contributed by atoms with E-state index in [1.54, 1.807) is 0 Å². The molecule has 5 rings (SSSR count). The Morgan fingerprint density at radius 3 is 2.37 bits per heavy atom. The number of rotatable bonds is 3. The molecule has 0 saturated heterocycles. The molecule has 0 amide bonds. The second-order valence-corrected chi connectivity index (χ2v) is 7.54. The van der Waals surface area contributed by atoms with Crippen LogP contribution in [0.1, 0.15) is 38.8 Å². The summed E-state index contributed by atoms with van der Waals surface area (Å²) >= 11 is 0. The van der Waals surface area contributed by atoms with Crippen molar-refractivity contribution in [3.8, 4) is 22.5 Å². The average molecular weight is 397 g/mol. The van der Waals surface area contributed by atoms with Gasteiger partial charge in [-0.3, -0.25) is 0 Å². The van der Waals surface area contributed by atoms with Crippen LogP contribution in [0.3, 0.4) is 0 Å². The highest BCUT2D eigenvalue weighted by Crippen LogP contribution is 2.38. The van der Waals surface area contributed by atoms with E-state index < -0.39 is 0 Å². The van der Waals surface area contributed by atoms with Gasteiger partial charge in [0.05, 0.1) is 11.1 Å². The standard InChI is InChI=1S/C26H26N2.C2H6/c1-3-19-12-13-21-16-18-28-22-10-6-5-9-20(22)14-15-24(28)26(21)25(19)23-11-7-8-17-27(23)4-2;1-2/h5-15,17H,3-4,16,18H2,1-2H3;1-2H3/q+2;. The van der Waals surface area contributed by atoms with Crippen molar-refractivity contribution in [3.63, 3.8) is 0 Å². The van der Waals surface area contributed by atoms with Gasteiger partial charge in [0.1, 0.15) is 6.54 Å². The lowest BCUT2D eigenvalue weighted by Gasteiger charge is -2.20. The first-order valence-electron chi connectivity index (χ1n) is 11.4. The van der Waals surface area contributed by atoms with Crippen LogP contribution in [0.2, 0.25) is 0 Å². The molecule has 3 heterocycles. The Kier molecular flexibility index (Phi) is 5.94. The van der Waals surface area contributed by atoms with E-state index >= 15 is 0 Å². The van der Waals surface area contributed by atoms with Gasteiger partial charge in [-0.25, -0.2) is 0 Å². The quantitative estimate of drug-likeness (QED) is 0.380. The van der Waals surface area contributed by atoms with Crippen LogP contribution in [-0.2, 0) is 25.9 Å². The summed E-state index contributed by atoms with van der Waals surface area (Å²) in [5.41, 5.74) is 9.71. The Morgan fingerprint density at radius 1 is 0.767 bits per heavy atom. The van der Waals surface area contributed by atoms with E-state index in [1.807, 2.05) is 13.8 Å². The molecule has 0 aliphatic carbocycles. The number of nitrogens with zero attached hydrogens (tertiary/aromatic N) is 2. The Labute approximate surface area is 180 Å². The van der Waals surface area contributed by atoms with Gasteiger partial charge in [-0.1, -0.05) is 45.0 Å². The van der Waals surface area contributed by atoms with E-state index in [4.69, 9.17) is 0 Å². The van der Waals surface area contributed by atoms with E-state index in [1.165, 1.54) is 44.5 Å². The normalized spacial score (nSPS) is 12.0. The maximum absolute atomic E-state index is 2.51. The molecule has 0 fully saturated rings. The van der Waals surface area contributed by atoms with Crippen LogP contribution in [0.25, 0.3) is 33.4 Å². The molecule has 2 aromatic heterocycles. The van der Waals surface area contributed by atoms with E-state index in [-0.39, 0.29) is 0 Å². The molecule has 1 aliphatic rings. The minimum Gasteiger partial charge on any atom is -0.199 e. The Morgan fingerprint density at radius 2 is 1.57 bits per heavy atom. The highest BCUT2D eigenvalue weighted by Gasteiger charge is 2.31. The van der Waals surface area contributed by atoms with Crippen LogP contribution in [0, 0.1) is 0 Å². The van der Waals surface area contributed by atoms with Crippen molar-refractivity contribution in [3.05, 3.63) is 84.1 Å². The Balaban J connectivity index is 0.00000106. The van der Waals surface area contributed by atoms with Gasteiger partial charge in [0.2, 0.25) is 16.9 Å². The zero-order valence-corrected chi connectivity index (χ0v) is 18.7. The van der Waals surface area contributed by atoms with Crippen molar-refractivity contribution in [1.29, 1.82) is 0 Å². The van der Waals surface area contributed by atoms with E-state index in [2.05, 4.69) is 95.9 Å². The molecule has 0 radical (unpaired) electrons. The number of hydrogen-bond donors (Lipinski definition) is 0. The minimum absolute atomic E-state index is 0.973. The maximum atomic E-state index is 2.51. The molecular weight excluding hydrogens is 364 g/mol. The predicted octanol–water partition coefficient (Wildman–Crippen LogP) is 5.91. The minimum atomic E-state index is 0.973. The molecule has 2 nitrogen and oxygen atoms in total. The molecule has 4 aromatic rings.